The van der Waals surface area contributed by atoms with Crippen molar-refractivity contribution >= 4 is 15.8 Å². The lowest BCUT2D eigenvalue weighted by Gasteiger charge is -2.06. The van der Waals surface area contributed by atoms with Crippen molar-refractivity contribution in [1.82, 2.24) is 0 Å². The summed E-state index contributed by atoms with van der Waals surface area (Å²) in [6, 6.07) is 14.1. The number of nitrogen functional groups attached to an aromatic ring is 1. The Hall–Kier alpha value is -2.05. The van der Waals surface area contributed by atoms with E-state index >= 15 is 0 Å². The summed E-state index contributed by atoms with van der Waals surface area (Å²) in [5, 5.41) is 0. The van der Waals surface area contributed by atoms with Crippen LogP contribution >= 0.6 is 0 Å². The summed E-state index contributed by atoms with van der Waals surface area (Å²) < 4.78 is 27.9. The second-order valence-electron chi connectivity index (χ2n) is 3.46. The molecule has 18 heavy (non-hydrogen) atoms. The average molecular weight is 265 g/mol. The smallest absolute Gasteiger partial charge is 0.332 e. The molecule has 0 amide bonds. The van der Waals surface area contributed by atoms with Gasteiger partial charge in [-0.15, -0.1) is 0 Å². The highest BCUT2D eigenvalue weighted by molar-refractivity contribution is 7.86. The fraction of sp³-hybridized carbons (Fsp3) is 0. The molecule has 0 aliphatic heterocycles. The van der Waals surface area contributed by atoms with Gasteiger partial charge in [-0.3, -0.25) is 0 Å². The van der Waals surface area contributed by atoms with Crippen LogP contribution in [-0.4, -0.2) is 8.42 Å². The van der Waals surface area contributed by atoms with Crippen LogP contribution in [0, 0.1) is 0 Å². The van der Waals surface area contributed by atoms with Gasteiger partial charge in [0.1, 0.15) is 0 Å². The number of rotatable bonds is 4. The van der Waals surface area contributed by atoms with Crippen molar-refractivity contribution in [2.45, 2.75) is 4.90 Å². The Morgan fingerprint density at radius 1 is 0.889 bits per heavy atom. The fourth-order valence-corrected chi connectivity index (χ4v) is 2.00. The second kappa shape index (κ2) is 5.07. The largest absolute Gasteiger partial charge is 0.396 e. The summed E-state index contributed by atoms with van der Waals surface area (Å²) >= 11 is 0. The van der Waals surface area contributed by atoms with E-state index in [-0.39, 0.29) is 10.6 Å². The molecule has 0 saturated heterocycles. The first kappa shape index (κ1) is 12.4. The Labute approximate surface area is 105 Å². The van der Waals surface area contributed by atoms with Crippen molar-refractivity contribution < 1.29 is 17.6 Å². The molecule has 2 rings (SSSR count). The molecular weight excluding hydrogens is 254 g/mol. The number of hydrogen-bond donors (Lipinski definition) is 1. The van der Waals surface area contributed by atoms with Crippen molar-refractivity contribution in [2.24, 2.45) is 0 Å². The maximum Gasteiger partial charge on any atom is 0.332 e. The molecule has 2 aromatic rings. The zero-order chi connectivity index (χ0) is 13.0. The third kappa shape index (κ3) is 2.79. The molecule has 0 aliphatic rings. The Morgan fingerprint density at radius 3 is 2.17 bits per heavy atom. The van der Waals surface area contributed by atoms with Gasteiger partial charge in [-0.05, 0) is 24.3 Å². The summed E-state index contributed by atoms with van der Waals surface area (Å²) in [7, 11) is -3.95. The van der Waals surface area contributed by atoms with Gasteiger partial charge in [0.25, 0.3) is 0 Å². The molecule has 0 atom stereocenters. The molecule has 2 N–H and O–H groups in total. The molecule has 0 bridgehead atoms. The van der Waals surface area contributed by atoms with Gasteiger partial charge in [0.2, 0.25) is 0 Å². The maximum atomic E-state index is 11.7. The minimum atomic E-state index is -3.95. The van der Waals surface area contributed by atoms with E-state index in [0.29, 0.717) is 5.69 Å². The molecule has 5 nitrogen and oxygen atoms in total. The molecule has 0 aliphatic carbocycles. The molecule has 0 radical (unpaired) electrons. The van der Waals surface area contributed by atoms with Crippen LogP contribution in [0.25, 0.3) is 0 Å². The van der Waals surface area contributed by atoms with Crippen molar-refractivity contribution in [3.63, 3.8) is 0 Å². The van der Waals surface area contributed by atoms with Gasteiger partial charge < -0.3 is 10.6 Å². The summed E-state index contributed by atoms with van der Waals surface area (Å²) in [6.45, 7) is 0. The SMILES string of the molecule is Nc1ccccc1OOS(=O)(=O)c1ccccc1. The Balaban J connectivity index is 2.14. The van der Waals surface area contributed by atoms with E-state index in [9.17, 15) is 8.42 Å². The molecule has 0 spiro atoms. The number of anilines is 1. The molecule has 0 fully saturated rings. The van der Waals surface area contributed by atoms with Crippen LogP contribution in [-0.2, 0) is 14.5 Å². The Kier molecular flexibility index (Phi) is 3.50. The molecule has 2 aromatic carbocycles. The highest BCUT2D eigenvalue weighted by atomic mass is 32.2. The van der Waals surface area contributed by atoms with E-state index in [1.165, 1.54) is 18.2 Å². The Morgan fingerprint density at radius 2 is 1.50 bits per heavy atom. The quantitative estimate of drug-likeness (QED) is 0.519. The first-order chi connectivity index (χ1) is 8.59. The zero-order valence-electron chi connectivity index (χ0n) is 9.31. The van der Waals surface area contributed by atoms with Crippen LogP contribution < -0.4 is 10.6 Å². The van der Waals surface area contributed by atoms with E-state index in [4.69, 9.17) is 10.6 Å². The summed E-state index contributed by atoms with van der Waals surface area (Å²) in [6.07, 6.45) is 0. The first-order valence-corrected chi connectivity index (χ1v) is 6.51. The van der Waals surface area contributed by atoms with E-state index < -0.39 is 10.1 Å². The van der Waals surface area contributed by atoms with Gasteiger partial charge in [-0.1, -0.05) is 34.7 Å². The van der Waals surface area contributed by atoms with Gasteiger partial charge in [0.15, 0.2) is 5.75 Å². The predicted octanol–water partition coefficient (Wildman–Crippen LogP) is 1.97. The predicted molar refractivity (Wildman–Crippen MR) is 66.2 cm³/mol. The molecule has 6 heteroatoms. The minimum absolute atomic E-state index is 0.0134. The van der Waals surface area contributed by atoms with Crippen molar-refractivity contribution in [3.8, 4) is 5.75 Å². The summed E-state index contributed by atoms with van der Waals surface area (Å²) in [4.78, 5) is 4.76. The summed E-state index contributed by atoms with van der Waals surface area (Å²) in [5.74, 6) is 0.150. The van der Waals surface area contributed by atoms with Crippen LogP contribution in [0.1, 0.15) is 0 Å². The maximum absolute atomic E-state index is 11.7. The molecule has 94 valence electrons. The summed E-state index contributed by atoms with van der Waals surface area (Å²) in [5.41, 5.74) is 5.88. The van der Waals surface area contributed by atoms with Crippen LogP contribution in [0.5, 0.6) is 5.75 Å². The number of para-hydroxylation sites is 2. The number of benzene rings is 2. The first-order valence-electron chi connectivity index (χ1n) is 5.10. The van der Waals surface area contributed by atoms with Crippen LogP contribution in [0.2, 0.25) is 0 Å². The third-order valence-electron chi connectivity index (χ3n) is 2.16. The van der Waals surface area contributed by atoms with Crippen LogP contribution in [0.3, 0.4) is 0 Å². The van der Waals surface area contributed by atoms with E-state index in [1.54, 1.807) is 36.4 Å². The number of nitrogens with two attached hydrogens (primary N) is 1. The van der Waals surface area contributed by atoms with Gasteiger partial charge >= 0.3 is 10.1 Å². The average Bonchev–Trinajstić information content (AvgIpc) is 2.39. The van der Waals surface area contributed by atoms with Gasteiger partial charge in [-0.25, -0.2) is 0 Å². The molecular formula is C12H11NO4S. The van der Waals surface area contributed by atoms with Crippen LogP contribution in [0.4, 0.5) is 5.69 Å². The lowest BCUT2D eigenvalue weighted by Crippen LogP contribution is -2.10. The van der Waals surface area contributed by atoms with Crippen molar-refractivity contribution in [2.75, 3.05) is 5.73 Å². The highest BCUT2D eigenvalue weighted by Gasteiger charge is 2.17. The van der Waals surface area contributed by atoms with E-state index in [0.717, 1.165) is 0 Å². The molecule has 0 aromatic heterocycles. The number of hydrogen-bond acceptors (Lipinski definition) is 5. The van der Waals surface area contributed by atoms with Crippen molar-refractivity contribution in [1.29, 1.82) is 0 Å². The fourth-order valence-electron chi connectivity index (χ4n) is 1.26. The zero-order valence-corrected chi connectivity index (χ0v) is 10.1. The lowest BCUT2D eigenvalue weighted by atomic mass is 10.3. The lowest BCUT2D eigenvalue weighted by molar-refractivity contribution is -0.0918. The van der Waals surface area contributed by atoms with Crippen molar-refractivity contribution in [3.05, 3.63) is 54.6 Å². The Bertz CT molecular complexity index is 626. The standard InChI is InChI=1S/C12H11NO4S/c13-11-8-4-5-9-12(11)16-17-18(14,15)10-6-2-1-3-7-10/h1-9H,13H2. The third-order valence-corrected chi connectivity index (χ3v) is 3.26. The van der Waals surface area contributed by atoms with Gasteiger partial charge in [0, 0.05) is 0 Å². The highest BCUT2D eigenvalue weighted by Crippen LogP contribution is 2.22. The van der Waals surface area contributed by atoms with E-state index in [1.807, 2.05) is 0 Å². The molecule has 0 unspecified atom stereocenters. The second-order valence-corrected chi connectivity index (χ2v) is 4.97. The van der Waals surface area contributed by atoms with E-state index in [2.05, 4.69) is 4.33 Å². The van der Waals surface area contributed by atoms with Gasteiger partial charge in [0.05, 0.1) is 10.6 Å². The normalized spacial score (nSPS) is 11.1. The minimum Gasteiger partial charge on any atom is -0.396 e. The monoisotopic (exact) mass is 265 g/mol. The molecule has 0 heterocycles. The topological polar surface area (TPSA) is 78.6 Å². The van der Waals surface area contributed by atoms with Crippen LogP contribution in [0.15, 0.2) is 59.5 Å². The van der Waals surface area contributed by atoms with Gasteiger partial charge in [-0.2, -0.15) is 8.42 Å². The molecule has 0 saturated carbocycles.